The molecule has 1 aliphatic carbocycles. The van der Waals surface area contributed by atoms with E-state index in [-0.39, 0.29) is 18.0 Å². The summed E-state index contributed by atoms with van der Waals surface area (Å²) in [6.07, 6.45) is 2.86. The van der Waals surface area contributed by atoms with Gasteiger partial charge in [0.2, 0.25) is 5.91 Å². The molecule has 2 fully saturated rings. The molecular formula is C22H32N6O3. The number of anilines is 1. The Morgan fingerprint density at radius 1 is 1.26 bits per heavy atom. The minimum atomic E-state index is -0.451. The second kappa shape index (κ2) is 8.37. The summed E-state index contributed by atoms with van der Waals surface area (Å²) in [5.74, 6) is 6.15. The van der Waals surface area contributed by atoms with Crippen molar-refractivity contribution in [2.45, 2.75) is 52.1 Å². The Hall–Kier alpha value is -2.81. The van der Waals surface area contributed by atoms with Crippen LogP contribution in [0.25, 0.3) is 10.9 Å². The highest BCUT2D eigenvalue weighted by Gasteiger charge is 2.32. The van der Waals surface area contributed by atoms with Crippen LogP contribution in [0, 0.1) is 12.8 Å². The third kappa shape index (κ3) is 3.94. The molecule has 1 amide bonds. The average Bonchev–Trinajstić information content (AvgIpc) is 3.46. The number of nitrogens with one attached hydrogen (secondary N) is 2. The van der Waals surface area contributed by atoms with Crippen molar-refractivity contribution in [3.8, 4) is 0 Å². The zero-order chi connectivity index (χ0) is 22.3. The van der Waals surface area contributed by atoms with Gasteiger partial charge in [-0.3, -0.25) is 14.2 Å². The number of hydrogen-bond donors (Lipinski definition) is 3. The van der Waals surface area contributed by atoms with E-state index in [9.17, 15) is 14.4 Å². The molecule has 0 spiro atoms. The fourth-order valence-corrected chi connectivity index (χ4v) is 4.87. The molecule has 2 atom stereocenters. The highest BCUT2D eigenvalue weighted by atomic mass is 16.2. The zero-order valence-electron chi connectivity index (χ0n) is 18.5. The van der Waals surface area contributed by atoms with Crippen LogP contribution in [0.2, 0.25) is 0 Å². The Bertz CT molecular complexity index is 1120. The minimum Gasteiger partial charge on any atom is -0.371 e. The van der Waals surface area contributed by atoms with Crippen molar-refractivity contribution in [1.29, 1.82) is 0 Å². The van der Waals surface area contributed by atoms with Crippen molar-refractivity contribution in [2.75, 3.05) is 36.9 Å². The van der Waals surface area contributed by atoms with Crippen LogP contribution in [-0.2, 0) is 4.79 Å². The first kappa shape index (κ1) is 21.4. The molecule has 9 nitrogen and oxygen atoms in total. The molecule has 168 valence electrons. The van der Waals surface area contributed by atoms with Crippen molar-refractivity contribution in [2.24, 2.45) is 5.92 Å². The second-order valence-corrected chi connectivity index (χ2v) is 8.76. The monoisotopic (exact) mass is 428 g/mol. The van der Waals surface area contributed by atoms with Crippen molar-refractivity contribution in [3.05, 3.63) is 38.5 Å². The average molecular weight is 429 g/mol. The summed E-state index contributed by atoms with van der Waals surface area (Å²) in [5, 5.41) is 6.93. The van der Waals surface area contributed by atoms with Gasteiger partial charge in [-0.15, -0.1) is 0 Å². The van der Waals surface area contributed by atoms with Crippen molar-refractivity contribution >= 4 is 22.5 Å². The predicted octanol–water partition coefficient (Wildman–Crippen LogP) is 0.461. The number of nitrogen functional groups attached to an aromatic ring is 1. The number of aromatic nitrogens is 2. The summed E-state index contributed by atoms with van der Waals surface area (Å²) in [5.41, 5.74) is 1.81. The van der Waals surface area contributed by atoms with E-state index in [2.05, 4.69) is 22.5 Å². The van der Waals surface area contributed by atoms with Gasteiger partial charge < -0.3 is 21.4 Å². The fourth-order valence-electron chi connectivity index (χ4n) is 4.87. The summed E-state index contributed by atoms with van der Waals surface area (Å²) in [6.45, 7) is 8.79. The predicted molar refractivity (Wildman–Crippen MR) is 122 cm³/mol. The van der Waals surface area contributed by atoms with Gasteiger partial charge in [0.15, 0.2) is 0 Å². The molecule has 1 saturated heterocycles. The molecule has 31 heavy (non-hydrogen) atoms. The quantitative estimate of drug-likeness (QED) is 0.552. The first-order chi connectivity index (χ1) is 14.8. The molecule has 1 aromatic heterocycles. The number of rotatable bonds is 7. The number of fused-ring (bicyclic) bond motifs is 1. The molecule has 1 aliphatic heterocycles. The summed E-state index contributed by atoms with van der Waals surface area (Å²) in [6, 6.07) is 4.09. The zero-order valence-corrected chi connectivity index (χ0v) is 18.5. The van der Waals surface area contributed by atoms with Crippen LogP contribution in [0.3, 0.4) is 0 Å². The van der Waals surface area contributed by atoms with Gasteiger partial charge in [0.05, 0.1) is 10.9 Å². The van der Waals surface area contributed by atoms with Crippen LogP contribution in [0.4, 0.5) is 5.69 Å². The molecule has 4 N–H and O–H groups in total. The van der Waals surface area contributed by atoms with Crippen LogP contribution in [-0.4, -0.2) is 47.4 Å². The second-order valence-electron chi connectivity index (χ2n) is 8.76. The first-order valence-corrected chi connectivity index (χ1v) is 11.1. The molecule has 2 unspecified atom stereocenters. The highest BCUT2D eigenvalue weighted by Crippen LogP contribution is 2.38. The van der Waals surface area contributed by atoms with E-state index in [4.69, 9.17) is 5.84 Å². The summed E-state index contributed by atoms with van der Waals surface area (Å²) in [4.78, 5) is 39.1. The fraction of sp³-hybridized carbons (Fsp3) is 0.591. The Balaban J connectivity index is 1.68. The van der Waals surface area contributed by atoms with E-state index in [0.717, 1.165) is 54.8 Å². The Morgan fingerprint density at radius 2 is 2.00 bits per heavy atom. The van der Waals surface area contributed by atoms with Gasteiger partial charge in [-0.05, 0) is 56.3 Å². The SMILES string of the molecule is CCNC(CNC(C)=O)C1CCN(c2ccc3c(=O)n(N)c(=O)n(C4CC4)c3c2C)C1. The van der Waals surface area contributed by atoms with Gasteiger partial charge >= 0.3 is 5.69 Å². The van der Waals surface area contributed by atoms with Gasteiger partial charge in [0.25, 0.3) is 5.56 Å². The number of carbonyl (C=O) groups excluding carboxylic acids is 1. The largest absolute Gasteiger partial charge is 0.371 e. The van der Waals surface area contributed by atoms with Gasteiger partial charge in [-0.1, -0.05) is 6.92 Å². The lowest BCUT2D eigenvalue weighted by atomic mass is 9.98. The first-order valence-electron chi connectivity index (χ1n) is 11.1. The standard InChI is InChI=1S/C22H32N6O3/c1-4-24-18(11-25-14(3)29)15-9-10-26(12-15)19-8-7-17-20(13(19)2)27(16-5-6-16)22(31)28(23)21(17)30/h7-8,15-16,18,24H,4-6,9-12,23H2,1-3H3,(H,25,29). The summed E-state index contributed by atoms with van der Waals surface area (Å²) >= 11 is 0. The number of hydrogen-bond acceptors (Lipinski definition) is 6. The molecule has 0 radical (unpaired) electrons. The van der Waals surface area contributed by atoms with Crippen molar-refractivity contribution in [1.82, 2.24) is 19.9 Å². The van der Waals surface area contributed by atoms with Crippen LogP contribution >= 0.6 is 0 Å². The van der Waals surface area contributed by atoms with E-state index in [0.29, 0.717) is 23.4 Å². The number of amides is 1. The van der Waals surface area contributed by atoms with E-state index >= 15 is 0 Å². The summed E-state index contributed by atoms with van der Waals surface area (Å²) < 4.78 is 2.44. The van der Waals surface area contributed by atoms with E-state index < -0.39 is 11.2 Å². The third-order valence-corrected chi connectivity index (χ3v) is 6.59. The van der Waals surface area contributed by atoms with E-state index in [1.165, 1.54) is 6.92 Å². The van der Waals surface area contributed by atoms with Crippen LogP contribution in [0.1, 0.15) is 44.7 Å². The molecule has 9 heteroatoms. The topological polar surface area (TPSA) is 114 Å². The minimum absolute atomic E-state index is 0.0215. The van der Waals surface area contributed by atoms with Gasteiger partial charge in [0.1, 0.15) is 0 Å². The maximum absolute atomic E-state index is 12.8. The number of aryl methyl sites for hydroxylation is 1. The normalized spacial score (nSPS) is 19.7. The number of likely N-dealkylation sites (N-methyl/N-ethyl adjacent to an activating group) is 1. The summed E-state index contributed by atoms with van der Waals surface area (Å²) in [7, 11) is 0. The molecule has 1 aromatic carbocycles. The number of nitrogens with zero attached hydrogens (tertiary/aromatic N) is 3. The molecular weight excluding hydrogens is 396 g/mol. The number of carbonyl (C=O) groups is 1. The lowest BCUT2D eigenvalue weighted by molar-refractivity contribution is -0.119. The molecule has 2 heterocycles. The Labute approximate surface area is 181 Å². The van der Waals surface area contributed by atoms with Crippen LogP contribution in [0.15, 0.2) is 21.7 Å². The number of nitrogens with two attached hydrogens (primary N) is 1. The lowest BCUT2D eigenvalue weighted by Gasteiger charge is -2.27. The molecule has 2 aromatic rings. The van der Waals surface area contributed by atoms with Gasteiger partial charge in [-0.2, -0.15) is 4.68 Å². The maximum Gasteiger partial charge on any atom is 0.350 e. The highest BCUT2D eigenvalue weighted by molar-refractivity contribution is 5.87. The van der Waals surface area contributed by atoms with Crippen LogP contribution in [0.5, 0.6) is 0 Å². The van der Waals surface area contributed by atoms with Gasteiger partial charge in [-0.25, -0.2) is 4.79 Å². The van der Waals surface area contributed by atoms with E-state index in [1.807, 2.05) is 13.0 Å². The Morgan fingerprint density at radius 3 is 2.65 bits per heavy atom. The van der Waals surface area contributed by atoms with E-state index in [1.54, 1.807) is 10.6 Å². The Kier molecular flexibility index (Phi) is 5.79. The molecule has 1 saturated carbocycles. The number of benzene rings is 1. The third-order valence-electron chi connectivity index (χ3n) is 6.59. The van der Waals surface area contributed by atoms with Crippen LogP contribution < -0.4 is 32.6 Å². The molecule has 2 aliphatic rings. The van der Waals surface area contributed by atoms with Gasteiger partial charge in [0, 0.05) is 44.3 Å². The van der Waals surface area contributed by atoms with Crippen molar-refractivity contribution < 1.29 is 4.79 Å². The molecule has 4 rings (SSSR count). The lowest BCUT2D eigenvalue weighted by Crippen LogP contribution is -2.46. The maximum atomic E-state index is 12.8. The van der Waals surface area contributed by atoms with Crippen molar-refractivity contribution in [3.63, 3.8) is 0 Å². The smallest absolute Gasteiger partial charge is 0.350 e. The molecule has 0 bridgehead atoms.